The van der Waals surface area contributed by atoms with Gasteiger partial charge in [-0.05, 0) is 50.3 Å². The number of hydrogen-bond acceptors (Lipinski definition) is 6. The minimum absolute atomic E-state index is 0.262. The first kappa shape index (κ1) is 23.3. The average Bonchev–Trinajstić information content (AvgIpc) is 3.69. The molecule has 3 unspecified atom stereocenters. The Labute approximate surface area is 198 Å². The standard InChI is InChI=1S/C24H26FN3O4.C2H6/c1-22-12-28(13-23(31)6-7-23)9-8-24(22,32-22)17-3-4-18-16(20(17)25)10-14(11-26-18)15-2-5-19(29)27-21(15)30;1-2/h3-4,10-11,15,31H,2,5-9,12-13H2,1H3,(H,27,29,30);1-2H3. The second-order valence-electron chi connectivity index (χ2n) is 10.1. The van der Waals surface area contributed by atoms with Crippen LogP contribution >= 0.6 is 0 Å². The summed E-state index contributed by atoms with van der Waals surface area (Å²) in [4.78, 5) is 30.4. The smallest absolute Gasteiger partial charge is 0.234 e. The highest BCUT2D eigenvalue weighted by atomic mass is 19.1. The number of piperidine rings is 2. The molecule has 34 heavy (non-hydrogen) atoms. The van der Waals surface area contributed by atoms with Gasteiger partial charge in [-0.1, -0.05) is 19.9 Å². The fraction of sp³-hybridized carbons (Fsp3) is 0.577. The van der Waals surface area contributed by atoms with Crippen LogP contribution in [0.5, 0.6) is 0 Å². The van der Waals surface area contributed by atoms with E-state index in [9.17, 15) is 14.7 Å². The highest BCUT2D eigenvalue weighted by molar-refractivity contribution is 6.01. The number of carbonyl (C=O) groups excluding carboxylic acids is 2. The molecule has 1 aromatic carbocycles. The highest BCUT2D eigenvalue weighted by Gasteiger charge is 2.70. The van der Waals surface area contributed by atoms with E-state index in [4.69, 9.17) is 4.74 Å². The van der Waals surface area contributed by atoms with Crippen LogP contribution in [0, 0.1) is 5.82 Å². The van der Waals surface area contributed by atoms with Crippen molar-refractivity contribution in [2.45, 2.75) is 75.6 Å². The van der Waals surface area contributed by atoms with Gasteiger partial charge in [0.2, 0.25) is 11.8 Å². The summed E-state index contributed by atoms with van der Waals surface area (Å²) in [6.45, 7) is 8.05. The predicted octanol–water partition coefficient (Wildman–Crippen LogP) is 3.14. The maximum Gasteiger partial charge on any atom is 0.234 e. The van der Waals surface area contributed by atoms with Gasteiger partial charge in [0.1, 0.15) is 17.0 Å². The zero-order valence-corrected chi connectivity index (χ0v) is 20.0. The van der Waals surface area contributed by atoms with Gasteiger partial charge in [0.25, 0.3) is 0 Å². The quantitative estimate of drug-likeness (QED) is 0.528. The van der Waals surface area contributed by atoms with Gasteiger partial charge >= 0.3 is 0 Å². The van der Waals surface area contributed by atoms with Gasteiger partial charge in [-0.25, -0.2) is 4.39 Å². The van der Waals surface area contributed by atoms with Crippen molar-refractivity contribution in [1.29, 1.82) is 0 Å². The summed E-state index contributed by atoms with van der Waals surface area (Å²) in [6.07, 6.45) is 4.59. The van der Waals surface area contributed by atoms with Crippen molar-refractivity contribution in [2.24, 2.45) is 0 Å². The minimum Gasteiger partial charge on any atom is -0.389 e. The molecule has 3 atom stereocenters. The number of rotatable bonds is 4. The average molecular weight is 470 g/mol. The predicted molar refractivity (Wildman–Crippen MR) is 125 cm³/mol. The van der Waals surface area contributed by atoms with Crippen molar-refractivity contribution in [1.82, 2.24) is 15.2 Å². The number of pyridine rings is 1. The van der Waals surface area contributed by atoms with Gasteiger partial charge in [0.15, 0.2) is 0 Å². The highest BCUT2D eigenvalue weighted by Crippen LogP contribution is 2.61. The van der Waals surface area contributed by atoms with E-state index in [0.29, 0.717) is 48.0 Å². The van der Waals surface area contributed by atoms with E-state index in [1.165, 1.54) is 0 Å². The van der Waals surface area contributed by atoms with Crippen molar-refractivity contribution >= 4 is 22.7 Å². The summed E-state index contributed by atoms with van der Waals surface area (Å²) in [5.41, 5.74) is -0.0764. The maximum atomic E-state index is 15.9. The van der Waals surface area contributed by atoms with Crippen LogP contribution in [0.15, 0.2) is 24.4 Å². The van der Waals surface area contributed by atoms with Gasteiger partial charge in [-0.2, -0.15) is 0 Å². The van der Waals surface area contributed by atoms with Crippen LogP contribution in [0.1, 0.15) is 69.9 Å². The van der Waals surface area contributed by atoms with Gasteiger partial charge in [-0.3, -0.25) is 24.8 Å². The Hall–Kier alpha value is -2.42. The zero-order chi connectivity index (χ0) is 24.3. The molecule has 1 aliphatic carbocycles. The zero-order valence-electron chi connectivity index (χ0n) is 20.0. The number of imide groups is 1. The molecule has 4 heterocycles. The molecule has 3 aliphatic heterocycles. The van der Waals surface area contributed by atoms with E-state index in [1.807, 2.05) is 20.8 Å². The molecule has 4 fully saturated rings. The molecule has 0 bridgehead atoms. The number of hydrogen-bond donors (Lipinski definition) is 2. The Kier molecular flexibility index (Phi) is 5.54. The Bertz CT molecular complexity index is 1170. The number of aliphatic hydroxyl groups is 1. The molecule has 7 nitrogen and oxygen atoms in total. The van der Waals surface area contributed by atoms with Gasteiger partial charge in [0.05, 0.1) is 17.0 Å². The van der Waals surface area contributed by atoms with Crippen molar-refractivity contribution in [3.8, 4) is 0 Å². The molecule has 1 aromatic heterocycles. The normalized spacial score (nSPS) is 31.9. The Balaban J connectivity index is 0.00000117. The fourth-order valence-corrected chi connectivity index (χ4v) is 5.68. The summed E-state index contributed by atoms with van der Waals surface area (Å²) >= 11 is 0. The number of ether oxygens (including phenoxy) is 1. The van der Waals surface area contributed by atoms with E-state index in [-0.39, 0.29) is 24.1 Å². The van der Waals surface area contributed by atoms with E-state index < -0.39 is 22.7 Å². The minimum atomic E-state index is -0.682. The Morgan fingerprint density at radius 1 is 1.26 bits per heavy atom. The van der Waals surface area contributed by atoms with Crippen molar-refractivity contribution in [3.63, 3.8) is 0 Å². The van der Waals surface area contributed by atoms with Crippen molar-refractivity contribution < 1.29 is 23.8 Å². The number of halogens is 1. The third-order valence-corrected chi connectivity index (χ3v) is 7.76. The molecule has 6 rings (SSSR count). The van der Waals surface area contributed by atoms with Crippen molar-refractivity contribution in [3.05, 3.63) is 41.3 Å². The lowest BCUT2D eigenvalue weighted by molar-refractivity contribution is -0.134. The first-order valence-electron chi connectivity index (χ1n) is 12.3. The number of nitrogens with one attached hydrogen (secondary N) is 1. The third-order valence-electron chi connectivity index (χ3n) is 7.76. The number of benzene rings is 1. The van der Waals surface area contributed by atoms with E-state index in [1.54, 1.807) is 24.4 Å². The number of amides is 2. The van der Waals surface area contributed by atoms with Crippen LogP contribution in [0.4, 0.5) is 4.39 Å². The van der Waals surface area contributed by atoms with Gasteiger partial charge in [0, 0.05) is 43.2 Å². The van der Waals surface area contributed by atoms with Gasteiger partial charge in [-0.15, -0.1) is 0 Å². The van der Waals surface area contributed by atoms with E-state index in [2.05, 4.69) is 15.2 Å². The lowest BCUT2D eigenvalue weighted by Crippen LogP contribution is -2.47. The monoisotopic (exact) mass is 469 g/mol. The summed E-state index contributed by atoms with van der Waals surface area (Å²) in [5.74, 6) is -1.51. The maximum absolute atomic E-state index is 15.9. The van der Waals surface area contributed by atoms with Crippen molar-refractivity contribution in [2.75, 3.05) is 19.6 Å². The molecule has 2 amide bonds. The first-order valence-corrected chi connectivity index (χ1v) is 12.3. The molecule has 2 N–H and O–H groups in total. The number of epoxide rings is 1. The molecule has 0 radical (unpaired) electrons. The fourth-order valence-electron chi connectivity index (χ4n) is 5.68. The second-order valence-corrected chi connectivity index (χ2v) is 10.1. The summed E-state index contributed by atoms with van der Waals surface area (Å²) in [7, 11) is 0. The molecule has 0 spiro atoms. The number of β-amino-alcohol motifs (C(OH)–C–C–N with tert-alkyl or cyclic N) is 1. The molecule has 2 aromatic rings. The lowest BCUT2D eigenvalue weighted by Gasteiger charge is -2.34. The van der Waals surface area contributed by atoms with Crippen LogP contribution in [0.2, 0.25) is 0 Å². The molecule has 8 heteroatoms. The third kappa shape index (κ3) is 3.72. The molecular formula is C26H32FN3O4. The van der Waals surface area contributed by atoms with E-state index >= 15 is 4.39 Å². The Morgan fingerprint density at radius 3 is 2.71 bits per heavy atom. The second kappa shape index (κ2) is 8.07. The number of fused-ring (bicyclic) bond motifs is 2. The van der Waals surface area contributed by atoms with Crippen LogP contribution in [-0.4, -0.2) is 57.6 Å². The molecule has 182 valence electrons. The lowest BCUT2D eigenvalue weighted by atomic mass is 9.80. The summed E-state index contributed by atoms with van der Waals surface area (Å²) < 4.78 is 22.1. The van der Waals surface area contributed by atoms with Gasteiger partial charge < -0.3 is 9.84 Å². The number of likely N-dealkylation sites (tertiary alicyclic amines) is 1. The SMILES string of the molecule is CC.CC12CN(CC3(O)CC3)CCC1(c1ccc3ncc(C4CCC(=O)NC4=O)cc3c1F)O2. The van der Waals surface area contributed by atoms with Crippen LogP contribution < -0.4 is 5.32 Å². The first-order chi connectivity index (χ1) is 16.2. The molecule has 4 aliphatic rings. The summed E-state index contributed by atoms with van der Waals surface area (Å²) in [5, 5.41) is 13.0. The van der Waals surface area contributed by atoms with Crippen LogP contribution in [0.3, 0.4) is 0 Å². The molecular weight excluding hydrogens is 437 g/mol. The van der Waals surface area contributed by atoms with Crippen LogP contribution in [-0.2, 0) is 19.9 Å². The largest absolute Gasteiger partial charge is 0.389 e. The number of aromatic nitrogens is 1. The molecule has 1 saturated carbocycles. The Morgan fingerprint density at radius 2 is 2.03 bits per heavy atom. The number of nitrogens with zero attached hydrogens (tertiary/aromatic N) is 2. The number of carbonyl (C=O) groups is 2. The summed E-state index contributed by atoms with van der Waals surface area (Å²) in [6, 6.07) is 5.26. The van der Waals surface area contributed by atoms with Crippen LogP contribution in [0.25, 0.3) is 10.9 Å². The topological polar surface area (TPSA) is 95.1 Å². The molecule has 3 saturated heterocycles. The van der Waals surface area contributed by atoms with E-state index in [0.717, 1.165) is 19.4 Å².